The SMILES string of the molecule is O=C(CCCCCCCBr)N(CCc1c[nH]c2ccccc12)Cc1ccccc1. The number of fused-ring (bicyclic) bond motifs is 1. The van der Waals surface area contributed by atoms with Gasteiger partial charge in [-0.25, -0.2) is 0 Å². The summed E-state index contributed by atoms with van der Waals surface area (Å²) in [6.07, 6.45) is 9.40. The van der Waals surface area contributed by atoms with Crippen molar-refractivity contribution < 1.29 is 4.79 Å². The van der Waals surface area contributed by atoms with Crippen molar-refractivity contribution in [2.75, 3.05) is 11.9 Å². The molecule has 0 aliphatic rings. The number of amides is 1. The summed E-state index contributed by atoms with van der Waals surface area (Å²) in [5.74, 6) is 0.272. The van der Waals surface area contributed by atoms with E-state index < -0.39 is 0 Å². The van der Waals surface area contributed by atoms with E-state index in [1.807, 2.05) is 29.2 Å². The minimum atomic E-state index is 0.272. The quantitative estimate of drug-likeness (QED) is 0.246. The van der Waals surface area contributed by atoms with E-state index in [1.165, 1.54) is 35.8 Å². The second-order valence-electron chi connectivity index (χ2n) is 7.62. The third kappa shape index (κ3) is 6.74. The molecule has 1 aromatic heterocycles. The first-order chi connectivity index (χ1) is 14.3. The Bertz CT molecular complexity index is 875. The Labute approximate surface area is 182 Å². The number of unbranched alkanes of at least 4 members (excludes halogenated alkanes) is 4. The maximum atomic E-state index is 13.0. The topological polar surface area (TPSA) is 36.1 Å². The number of hydrogen-bond acceptors (Lipinski definition) is 1. The number of alkyl halides is 1. The van der Waals surface area contributed by atoms with Crippen LogP contribution in [-0.4, -0.2) is 27.7 Å². The third-order valence-corrected chi connectivity index (χ3v) is 5.98. The molecular weight excluding hydrogens is 424 g/mol. The molecule has 0 atom stereocenters. The van der Waals surface area contributed by atoms with E-state index in [9.17, 15) is 4.79 Å². The number of carbonyl (C=O) groups is 1. The molecule has 0 saturated carbocycles. The Morgan fingerprint density at radius 3 is 2.45 bits per heavy atom. The number of nitrogens with zero attached hydrogens (tertiary/aromatic N) is 1. The summed E-state index contributed by atoms with van der Waals surface area (Å²) in [6, 6.07) is 18.7. The molecule has 1 N–H and O–H groups in total. The molecular formula is C25H31BrN2O. The summed E-state index contributed by atoms with van der Waals surface area (Å²) < 4.78 is 0. The predicted octanol–water partition coefficient (Wildman–Crippen LogP) is 6.47. The van der Waals surface area contributed by atoms with E-state index in [-0.39, 0.29) is 5.91 Å². The third-order valence-electron chi connectivity index (χ3n) is 5.42. The van der Waals surface area contributed by atoms with E-state index in [1.54, 1.807) is 0 Å². The van der Waals surface area contributed by atoms with Crippen molar-refractivity contribution in [1.29, 1.82) is 0 Å². The van der Waals surface area contributed by atoms with E-state index in [0.29, 0.717) is 13.0 Å². The van der Waals surface area contributed by atoms with Crippen molar-refractivity contribution in [3.63, 3.8) is 0 Å². The molecule has 0 unspecified atom stereocenters. The van der Waals surface area contributed by atoms with Crippen LogP contribution in [0.25, 0.3) is 10.9 Å². The van der Waals surface area contributed by atoms with Crippen LogP contribution in [0.4, 0.5) is 0 Å². The summed E-state index contributed by atoms with van der Waals surface area (Å²) in [5.41, 5.74) is 3.63. The smallest absolute Gasteiger partial charge is 0.222 e. The molecule has 154 valence electrons. The Hall–Kier alpha value is -2.07. The maximum Gasteiger partial charge on any atom is 0.222 e. The first-order valence-electron chi connectivity index (χ1n) is 10.7. The summed E-state index contributed by atoms with van der Waals surface area (Å²) in [6.45, 7) is 1.44. The molecule has 0 saturated heterocycles. The fourth-order valence-corrected chi connectivity index (χ4v) is 4.15. The van der Waals surface area contributed by atoms with Crippen molar-refractivity contribution in [2.24, 2.45) is 0 Å². The zero-order chi connectivity index (χ0) is 20.3. The maximum absolute atomic E-state index is 13.0. The standard InChI is InChI=1S/C25H31BrN2O/c26-17-10-3-1-2-7-15-25(29)28(20-21-11-5-4-6-12-21)18-16-22-19-27-24-14-9-8-13-23(22)24/h4-6,8-9,11-14,19,27H,1-3,7,10,15-18,20H2. The number of nitrogens with one attached hydrogen (secondary N) is 1. The molecule has 29 heavy (non-hydrogen) atoms. The summed E-state index contributed by atoms with van der Waals surface area (Å²) in [7, 11) is 0. The highest BCUT2D eigenvalue weighted by atomic mass is 79.9. The number of benzene rings is 2. The normalized spacial score (nSPS) is 11.1. The molecule has 3 rings (SSSR count). The van der Waals surface area contributed by atoms with Crippen LogP contribution < -0.4 is 0 Å². The molecule has 1 heterocycles. The zero-order valence-electron chi connectivity index (χ0n) is 17.1. The van der Waals surface area contributed by atoms with Crippen molar-refractivity contribution in [3.8, 4) is 0 Å². The van der Waals surface area contributed by atoms with Crippen LogP contribution in [0.15, 0.2) is 60.8 Å². The van der Waals surface area contributed by atoms with Crippen LogP contribution >= 0.6 is 15.9 Å². The lowest BCUT2D eigenvalue weighted by Crippen LogP contribution is -2.32. The highest BCUT2D eigenvalue weighted by Gasteiger charge is 2.15. The Morgan fingerprint density at radius 1 is 0.897 bits per heavy atom. The van der Waals surface area contributed by atoms with Gasteiger partial charge in [0.15, 0.2) is 0 Å². The number of halogens is 1. The first-order valence-corrected chi connectivity index (χ1v) is 11.8. The van der Waals surface area contributed by atoms with Crippen LogP contribution in [0.5, 0.6) is 0 Å². The van der Waals surface area contributed by atoms with Gasteiger partial charge < -0.3 is 9.88 Å². The van der Waals surface area contributed by atoms with Crippen molar-refractivity contribution in [1.82, 2.24) is 9.88 Å². The predicted molar refractivity (Wildman–Crippen MR) is 125 cm³/mol. The molecule has 1 amide bonds. The van der Waals surface area contributed by atoms with Crippen LogP contribution in [0.2, 0.25) is 0 Å². The van der Waals surface area contributed by atoms with Crippen LogP contribution in [-0.2, 0) is 17.8 Å². The number of carbonyl (C=O) groups excluding carboxylic acids is 1. The highest BCUT2D eigenvalue weighted by molar-refractivity contribution is 9.09. The zero-order valence-corrected chi connectivity index (χ0v) is 18.7. The van der Waals surface area contributed by atoms with E-state index in [2.05, 4.69) is 57.4 Å². The highest BCUT2D eigenvalue weighted by Crippen LogP contribution is 2.19. The first kappa shape index (κ1) is 21.6. The molecule has 0 spiro atoms. The van der Waals surface area contributed by atoms with Crippen molar-refractivity contribution in [3.05, 3.63) is 71.9 Å². The van der Waals surface area contributed by atoms with Gasteiger partial charge >= 0.3 is 0 Å². The summed E-state index contributed by atoms with van der Waals surface area (Å²) in [4.78, 5) is 18.4. The van der Waals surface area contributed by atoms with E-state index >= 15 is 0 Å². The number of rotatable bonds is 12. The molecule has 4 heteroatoms. The molecule has 0 aliphatic carbocycles. The Balaban J connectivity index is 1.59. The lowest BCUT2D eigenvalue weighted by Gasteiger charge is -2.23. The fraction of sp³-hybridized carbons (Fsp3) is 0.400. The van der Waals surface area contributed by atoms with Gasteiger partial charge in [0.05, 0.1) is 0 Å². The Kier molecular flexibility index (Phi) is 8.82. The molecule has 2 aromatic carbocycles. The van der Waals surface area contributed by atoms with Gasteiger partial charge in [0.1, 0.15) is 0 Å². The minimum absolute atomic E-state index is 0.272. The summed E-state index contributed by atoms with van der Waals surface area (Å²) in [5, 5.41) is 2.33. The number of H-pyrrole nitrogens is 1. The molecule has 0 bridgehead atoms. The van der Waals surface area contributed by atoms with Crippen LogP contribution in [0.3, 0.4) is 0 Å². The number of hydrogen-bond donors (Lipinski definition) is 1. The van der Waals surface area contributed by atoms with Gasteiger partial charge in [0.25, 0.3) is 0 Å². The average Bonchev–Trinajstić information content (AvgIpc) is 3.17. The van der Waals surface area contributed by atoms with Gasteiger partial charge in [0, 0.05) is 41.9 Å². The average molecular weight is 455 g/mol. The minimum Gasteiger partial charge on any atom is -0.361 e. The van der Waals surface area contributed by atoms with Crippen molar-refractivity contribution in [2.45, 2.75) is 51.5 Å². The van der Waals surface area contributed by atoms with Crippen LogP contribution in [0, 0.1) is 0 Å². The lowest BCUT2D eigenvalue weighted by atomic mass is 10.1. The second-order valence-corrected chi connectivity index (χ2v) is 8.41. The largest absolute Gasteiger partial charge is 0.361 e. The lowest BCUT2D eigenvalue weighted by molar-refractivity contribution is -0.131. The van der Waals surface area contributed by atoms with Gasteiger partial charge in [-0.05, 0) is 36.5 Å². The van der Waals surface area contributed by atoms with Gasteiger partial charge in [-0.1, -0.05) is 83.7 Å². The monoisotopic (exact) mass is 454 g/mol. The van der Waals surface area contributed by atoms with E-state index in [4.69, 9.17) is 0 Å². The fourth-order valence-electron chi connectivity index (χ4n) is 3.75. The summed E-state index contributed by atoms with van der Waals surface area (Å²) >= 11 is 3.48. The van der Waals surface area contributed by atoms with Gasteiger partial charge in [0.2, 0.25) is 5.91 Å². The van der Waals surface area contributed by atoms with Gasteiger partial charge in [-0.3, -0.25) is 4.79 Å². The Morgan fingerprint density at radius 2 is 1.62 bits per heavy atom. The molecule has 0 aliphatic heterocycles. The molecule has 3 aromatic rings. The number of aromatic nitrogens is 1. The molecule has 0 fully saturated rings. The van der Waals surface area contributed by atoms with Gasteiger partial charge in [-0.15, -0.1) is 0 Å². The van der Waals surface area contributed by atoms with Crippen molar-refractivity contribution >= 4 is 32.7 Å². The second kappa shape index (κ2) is 11.8. The molecule has 3 nitrogen and oxygen atoms in total. The van der Waals surface area contributed by atoms with Gasteiger partial charge in [-0.2, -0.15) is 0 Å². The molecule has 0 radical (unpaired) electrons. The van der Waals surface area contributed by atoms with E-state index in [0.717, 1.165) is 36.7 Å². The number of aromatic amines is 1. The number of para-hydroxylation sites is 1. The van der Waals surface area contributed by atoms with Crippen LogP contribution in [0.1, 0.15) is 49.7 Å².